The Balaban J connectivity index is 1.95. The second-order valence-electron chi connectivity index (χ2n) is 7.01. The van der Waals surface area contributed by atoms with Gasteiger partial charge in [-0.1, -0.05) is 57.5 Å². The fourth-order valence-electron chi connectivity index (χ4n) is 2.77. The van der Waals surface area contributed by atoms with Crippen molar-refractivity contribution in [1.29, 1.82) is 0 Å². The molecule has 104 valence electrons. The Kier molecular flexibility index (Phi) is 3.98. The van der Waals surface area contributed by atoms with E-state index in [1.165, 1.54) is 24.8 Å². The lowest BCUT2D eigenvalue weighted by Crippen LogP contribution is -2.46. The van der Waals surface area contributed by atoms with Crippen LogP contribution in [-0.4, -0.2) is 12.5 Å². The van der Waals surface area contributed by atoms with E-state index in [0.29, 0.717) is 6.42 Å². The summed E-state index contributed by atoms with van der Waals surface area (Å²) in [6, 6.07) is 10.6. The maximum absolute atomic E-state index is 12.0. The van der Waals surface area contributed by atoms with Gasteiger partial charge in [-0.25, -0.2) is 0 Å². The number of hydrogen-bond acceptors (Lipinski definition) is 1. The molecule has 0 aliphatic heterocycles. The molecule has 1 amide bonds. The number of benzene rings is 1. The van der Waals surface area contributed by atoms with Gasteiger partial charge in [0.25, 0.3) is 0 Å². The molecular weight excluding hydrogens is 234 g/mol. The van der Waals surface area contributed by atoms with Crippen LogP contribution >= 0.6 is 0 Å². The molecule has 0 unspecified atom stereocenters. The molecular formula is C17H25NO. The lowest BCUT2D eigenvalue weighted by atomic mass is 9.64. The highest BCUT2D eigenvalue weighted by Gasteiger charge is 2.38. The predicted molar refractivity (Wildman–Crippen MR) is 79.1 cm³/mol. The second kappa shape index (κ2) is 5.36. The van der Waals surface area contributed by atoms with Crippen LogP contribution in [0.1, 0.15) is 52.0 Å². The van der Waals surface area contributed by atoms with Crippen LogP contribution in [0.2, 0.25) is 0 Å². The lowest BCUT2D eigenvalue weighted by molar-refractivity contribution is -0.123. The van der Waals surface area contributed by atoms with Crippen molar-refractivity contribution in [1.82, 2.24) is 5.32 Å². The monoisotopic (exact) mass is 259 g/mol. The summed E-state index contributed by atoms with van der Waals surface area (Å²) >= 11 is 0. The predicted octanol–water partition coefficient (Wildman–Crippen LogP) is 3.66. The first kappa shape index (κ1) is 14.1. The summed E-state index contributed by atoms with van der Waals surface area (Å²) in [7, 11) is 0. The van der Waals surface area contributed by atoms with Gasteiger partial charge < -0.3 is 5.32 Å². The van der Waals surface area contributed by atoms with Gasteiger partial charge in [0.05, 0.1) is 0 Å². The molecule has 0 atom stereocenters. The summed E-state index contributed by atoms with van der Waals surface area (Å²) in [5.41, 5.74) is 1.62. The molecule has 0 radical (unpaired) electrons. The largest absolute Gasteiger partial charge is 0.355 e. The van der Waals surface area contributed by atoms with Crippen LogP contribution in [0.3, 0.4) is 0 Å². The quantitative estimate of drug-likeness (QED) is 0.878. The zero-order valence-corrected chi connectivity index (χ0v) is 12.3. The van der Waals surface area contributed by atoms with E-state index in [1.807, 2.05) is 6.07 Å². The third-order valence-electron chi connectivity index (χ3n) is 4.01. The van der Waals surface area contributed by atoms with Crippen molar-refractivity contribution in [3.8, 4) is 0 Å². The van der Waals surface area contributed by atoms with E-state index >= 15 is 0 Å². The molecule has 1 aliphatic rings. The average Bonchev–Trinajstić information content (AvgIpc) is 2.26. The first-order chi connectivity index (χ1) is 8.91. The molecule has 1 aromatic carbocycles. The first-order valence-corrected chi connectivity index (χ1v) is 7.24. The Labute approximate surface area is 116 Å². The van der Waals surface area contributed by atoms with E-state index in [-0.39, 0.29) is 16.7 Å². The van der Waals surface area contributed by atoms with Crippen LogP contribution in [-0.2, 0) is 10.2 Å². The molecule has 1 aliphatic carbocycles. The van der Waals surface area contributed by atoms with Crippen LogP contribution in [0, 0.1) is 5.41 Å². The van der Waals surface area contributed by atoms with E-state index < -0.39 is 0 Å². The van der Waals surface area contributed by atoms with Gasteiger partial charge in [0.15, 0.2) is 0 Å². The third-order valence-corrected chi connectivity index (χ3v) is 4.01. The molecule has 1 N–H and O–H groups in total. The fourth-order valence-corrected chi connectivity index (χ4v) is 2.77. The Morgan fingerprint density at radius 2 is 1.84 bits per heavy atom. The van der Waals surface area contributed by atoms with Crippen molar-refractivity contribution < 1.29 is 4.79 Å². The highest BCUT2D eigenvalue weighted by Crippen LogP contribution is 2.43. The number of nitrogens with one attached hydrogen (secondary N) is 1. The van der Waals surface area contributed by atoms with Crippen molar-refractivity contribution >= 4 is 5.91 Å². The van der Waals surface area contributed by atoms with Gasteiger partial charge in [0, 0.05) is 18.4 Å². The van der Waals surface area contributed by atoms with Crippen LogP contribution in [0.4, 0.5) is 0 Å². The van der Waals surface area contributed by atoms with E-state index in [9.17, 15) is 4.79 Å². The van der Waals surface area contributed by atoms with E-state index in [2.05, 4.69) is 50.4 Å². The molecule has 2 heteroatoms. The Morgan fingerprint density at radius 3 is 2.32 bits per heavy atom. The molecule has 0 spiro atoms. The SMILES string of the molecule is CC(C)(C)CC(=O)NCC1(c2ccccc2)CCC1. The fraction of sp³-hybridized carbons (Fsp3) is 0.588. The van der Waals surface area contributed by atoms with Gasteiger partial charge in [-0.3, -0.25) is 4.79 Å². The minimum absolute atomic E-state index is 0.0591. The van der Waals surface area contributed by atoms with E-state index in [4.69, 9.17) is 0 Å². The zero-order valence-electron chi connectivity index (χ0n) is 12.3. The summed E-state index contributed by atoms with van der Waals surface area (Å²) in [6.07, 6.45) is 4.24. The number of rotatable bonds is 4. The molecule has 2 rings (SSSR count). The molecule has 19 heavy (non-hydrogen) atoms. The minimum Gasteiger partial charge on any atom is -0.355 e. The molecule has 0 aromatic heterocycles. The number of hydrogen-bond donors (Lipinski definition) is 1. The standard InChI is InChI=1S/C17H25NO/c1-16(2,3)12-15(19)18-13-17(10-7-11-17)14-8-5-4-6-9-14/h4-6,8-9H,7,10-13H2,1-3H3,(H,18,19). The normalized spacial score (nSPS) is 17.6. The van der Waals surface area contributed by atoms with Gasteiger partial charge in [-0.05, 0) is 23.8 Å². The zero-order chi connectivity index (χ0) is 13.9. The van der Waals surface area contributed by atoms with E-state index in [1.54, 1.807) is 0 Å². The van der Waals surface area contributed by atoms with Crippen LogP contribution < -0.4 is 5.32 Å². The summed E-state index contributed by atoms with van der Waals surface area (Å²) in [5.74, 6) is 0.176. The molecule has 1 fully saturated rings. The highest BCUT2D eigenvalue weighted by atomic mass is 16.1. The van der Waals surface area contributed by atoms with Gasteiger partial charge in [0.2, 0.25) is 5.91 Å². The molecule has 0 bridgehead atoms. The Bertz CT molecular complexity index is 426. The maximum Gasteiger partial charge on any atom is 0.220 e. The molecule has 1 aromatic rings. The minimum atomic E-state index is 0.0591. The lowest BCUT2D eigenvalue weighted by Gasteiger charge is -2.42. The molecule has 1 saturated carbocycles. The maximum atomic E-state index is 12.0. The molecule has 0 heterocycles. The highest BCUT2D eigenvalue weighted by molar-refractivity contribution is 5.76. The second-order valence-corrected chi connectivity index (χ2v) is 7.01. The van der Waals surface area contributed by atoms with Crippen LogP contribution in [0.25, 0.3) is 0 Å². The summed E-state index contributed by atoms with van der Waals surface area (Å²) in [5, 5.41) is 3.14. The van der Waals surface area contributed by atoms with Crippen molar-refractivity contribution in [2.45, 2.75) is 51.9 Å². The summed E-state index contributed by atoms with van der Waals surface area (Å²) in [4.78, 5) is 12.0. The Morgan fingerprint density at radius 1 is 1.21 bits per heavy atom. The molecule has 2 nitrogen and oxygen atoms in total. The van der Waals surface area contributed by atoms with Gasteiger partial charge in [-0.2, -0.15) is 0 Å². The van der Waals surface area contributed by atoms with Crippen LogP contribution in [0.5, 0.6) is 0 Å². The molecule has 0 saturated heterocycles. The van der Waals surface area contributed by atoms with Crippen molar-refractivity contribution in [2.75, 3.05) is 6.54 Å². The van der Waals surface area contributed by atoms with Crippen molar-refractivity contribution in [3.05, 3.63) is 35.9 Å². The topological polar surface area (TPSA) is 29.1 Å². The van der Waals surface area contributed by atoms with Crippen LogP contribution in [0.15, 0.2) is 30.3 Å². The summed E-state index contributed by atoms with van der Waals surface area (Å²) in [6.45, 7) is 7.08. The number of carbonyl (C=O) groups excluding carboxylic acids is 1. The Hall–Kier alpha value is -1.31. The first-order valence-electron chi connectivity index (χ1n) is 7.24. The average molecular weight is 259 g/mol. The number of carbonyl (C=O) groups is 1. The van der Waals surface area contributed by atoms with Crippen molar-refractivity contribution in [3.63, 3.8) is 0 Å². The summed E-state index contributed by atoms with van der Waals surface area (Å²) < 4.78 is 0. The smallest absolute Gasteiger partial charge is 0.220 e. The van der Waals surface area contributed by atoms with Gasteiger partial charge in [0.1, 0.15) is 0 Å². The van der Waals surface area contributed by atoms with Crippen molar-refractivity contribution in [2.24, 2.45) is 5.41 Å². The number of amides is 1. The van der Waals surface area contributed by atoms with E-state index in [0.717, 1.165) is 6.54 Å². The van der Waals surface area contributed by atoms with Gasteiger partial charge >= 0.3 is 0 Å². The van der Waals surface area contributed by atoms with Gasteiger partial charge in [-0.15, -0.1) is 0 Å². The third kappa shape index (κ3) is 3.59.